The fourth-order valence-corrected chi connectivity index (χ4v) is 2.57. The van der Waals surface area contributed by atoms with Crippen LogP contribution in [0.2, 0.25) is 0 Å². The highest BCUT2D eigenvalue weighted by Gasteiger charge is 2.04. The summed E-state index contributed by atoms with van der Waals surface area (Å²) in [6.45, 7) is 2.61. The number of rotatable bonds is 3. The molecule has 0 amide bonds. The summed E-state index contributed by atoms with van der Waals surface area (Å²) in [6, 6.07) is 8.07. The van der Waals surface area contributed by atoms with Gasteiger partial charge in [-0.05, 0) is 36.6 Å². The highest BCUT2D eigenvalue weighted by atomic mass is 32.1. The van der Waals surface area contributed by atoms with Crippen LogP contribution in [0, 0.1) is 6.92 Å². The van der Waals surface area contributed by atoms with Crippen LogP contribution in [-0.2, 0) is 6.54 Å². The Bertz CT molecular complexity index is 641. The van der Waals surface area contributed by atoms with Crippen molar-refractivity contribution in [2.75, 3.05) is 5.32 Å². The molecule has 1 N–H and O–H groups in total. The van der Waals surface area contributed by atoms with Gasteiger partial charge in [0, 0.05) is 16.3 Å². The Kier molecular flexibility index (Phi) is 2.57. The minimum Gasteiger partial charge on any atom is -0.465 e. The molecular weight excluding hydrogens is 232 g/mol. The van der Waals surface area contributed by atoms with E-state index in [4.69, 9.17) is 4.42 Å². The molecule has 0 fully saturated rings. The van der Waals surface area contributed by atoms with Gasteiger partial charge in [0.15, 0.2) is 0 Å². The Morgan fingerprint density at radius 2 is 2.24 bits per heavy atom. The first kappa shape index (κ1) is 10.4. The lowest BCUT2D eigenvalue weighted by molar-refractivity contribution is 0.490. The van der Waals surface area contributed by atoms with Crippen molar-refractivity contribution in [3.05, 3.63) is 47.4 Å². The van der Waals surface area contributed by atoms with E-state index in [9.17, 15) is 0 Å². The van der Waals surface area contributed by atoms with Gasteiger partial charge in [-0.25, -0.2) is 4.98 Å². The number of nitrogens with one attached hydrogen (secondary N) is 1. The Morgan fingerprint density at radius 3 is 3.06 bits per heavy atom. The monoisotopic (exact) mass is 244 g/mol. The van der Waals surface area contributed by atoms with Crippen molar-refractivity contribution in [1.29, 1.82) is 0 Å². The van der Waals surface area contributed by atoms with E-state index >= 15 is 0 Å². The molecule has 3 aromatic rings. The molecule has 0 saturated carbocycles. The second-order valence-corrected chi connectivity index (χ2v) is 4.81. The van der Waals surface area contributed by atoms with Crippen LogP contribution in [0.5, 0.6) is 0 Å². The molecule has 4 heteroatoms. The molecule has 0 radical (unpaired) electrons. The molecule has 3 rings (SSSR count). The molecule has 0 unspecified atom stereocenters. The molecule has 3 nitrogen and oxygen atoms in total. The number of aromatic nitrogens is 1. The van der Waals surface area contributed by atoms with Crippen molar-refractivity contribution >= 4 is 27.2 Å². The molecule has 3 heterocycles. The third kappa shape index (κ3) is 2.03. The average Bonchev–Trinajstić information content (AvgIpc) is 2.94. The van der Waals surface area contributed by atoms with E-state index in [0.29, 0.717) is 6.54 Å². The maximum Gasteiger partial charge on any atom is 0.135 e. The number of aryl methyl sites for hydroxylation is 1. The molecule has 0 aliphatic heterocycles. The quantitative estimate of drug-likeness (QED) is 0.761. The number of nitrogens with zero attached hydrogens (tertiary/aromatic N) is 1. The van der Waals surface area contributed by atoms with Gasteiger partial charge in [-0.2, -0.15) is 0 Å². The Hall–Kier alpha value is -1.81. The van der Waals surface area contributed by atoms with Crippen LogP contribution in [0.25, 0.3) is 10.1 Å². The first-order chi connectivity index (χ1) is 8.33. The number of anilines is 1. The summed E-state index contributed by atoms with van der Waals surface area (Å²) in [5.74, 6) is 2.78. The second kappa shape index (κ2) is 4.22. The summed E-state index contributed by atoms with van der Waals surface area (Å²) < 4.78 is 6.76. The van der Waals surface area contributed by atoms with E-state index in [1.54, 1.807) is 11.3 Å². The van der Waals surface area contributed by atoms with Crippen molar-refractivity contribution in [2.45, 2.75) is 13.5 Å². The van der Waals surface area contributed by atoms with Gasteiger partial charge in [0.1, 0.15) is 17.3 Å². The molecule has 0 aliphatic rings. The first-order valence-corrected chi connectivity index (χ1v) is 6.32. The normalized spacial score (nSPS) is 10.9. The Morgan fingerprint density at radius 1 is 1.29 bits per heavy atom. The van der Waals surface area contributed by atoms with Gasteiger partial charge in [0.25, 0.3) is 0 Å². The number of hydrogen-bond donors (Lipinski definition) is 1. The third-order valence-electron chi connectivity index (χ3n) is 2.61. The highest BCUT2D eigenvalue weighted by Crippen LogP contribution is 2.26. The topological polar surface area (TPSA) is 38.1 Å². The molecule has 0 atom stereocenters. The van der Waals surface area contributed by atoms with Crippen LogP contribution >= 0.6 is 11.3 Å². The zero-order valence-electron chi connectivity index (χ0n) is 9.43. The summed E-state index contributed by atoms with van der Waals surface area (Å²) in [5, 5.41) is 6.55. The third-order valence-corrected chi connectivity index (χ3v) is 3.49. The Labute approximate surface area is 103 Å². The van der Waals surface area contributed by atoms with Crippen LogP contribution in [0.15, 0.2) is 40.3 Å². The van der Waals surface area contributed by atoms with Gasteiger partial charge >= 0.3 is 0 Å². The number of hydrogen-bond acceptors (Lipinski definition) is 4. The van der Waals surface area contributed by atoms with E-state index in [2.05, 4.69) is 21.7 Å². The minimum absolute atomic E-state index is 0.662. The number of furan rings is 1. The van der Waals surface area contributed by atoms with Crippen LogP contribution < -0.4 is 5.32 Å². The van der Waals surface area contributed by atoms with Crippen LogP contribution in [0.1, 0.15) is 11.5 Å². The lowest BCUT2D eigenvalue weighted by Gasteiger charge is -2.04. The van der Waals surface area contributed by atoms with E-state index in [1.807, 2.05) is 31.3 Å². The van der Waals surface area contributed by atoms with Crippen LogP contribution in [-0.4, -0.2) is 4.98 Å². The van der Waals surface area contributed by atoms with Crippen LogP contribution in [0.3, 0.4) is 0 Å². The smallest absolute Gasteiger partial charge is 0.135 e. The van der Waals surface area contributed by atoms with Crippen molar-refractivity contribution in [1.82, 2.24) is 4.98 Å². The fraction of sp³-hybridized carbons (Fsp3) is 0.154. The van der Waals surface area contributed by atoms with Crippen molar-refractivity contribution in [3.8, 4) is 0 Å². The maximum absolute atomic E-state index is 5.51. The summed E-state index contributed by atoms with van der Waals surface area (Å²) >= 11 is 1.72. The molecular formula is C13H12N2OS. The van der Waals surface area contributed by atoms with Crippen LogP contribution in [0.4, 0.5) is 5.82 Å². The first-order valence-electron chi connectivity index (χ1n) is 5.44. The van der Waals surface area contributed by atoms with Gasteiger partial charge in [-0.3, -0.25) is 0 Å². The predicted octanol–water partition coefficient (Wildman–Crippen LogP) is 3.81. The second-order valence-electron chi connectivity index (χ2n) is 3.86. The van der Waals surface area contributed by atoms with Gasteiger partial charge < -0.3 is 9.73 Å². The SMILES string of the molecule is Cc1ccc(CNc2nccc3sccc23)o1. The summed E-state index contributed by atoms with van der Waals surface area (Å²) in [4.78, 5) is 4.35. The maximum atomic E-state index is 5.51. The summed E-state index contributed by atoms with van der Waals surface area (Å²) in [6.07, 6.45) is 1.83. The van der Waals surface area contributed by atoms with Gasteiger partial charge in [-0.1, -0.05) is 0 Å². The molecule has 0 aromatic carbocycles. The highest BCUT2D eigenvalue weighted by molar-refractivity contribution is 7.17. The predicted molar refractivity (Wildman–Crippen MR) is 70.4 cm³/mol. The minimum atomic E-state index is 0.662. The zero-order chi connectivity index (χ0) is 11.7. The number of fused-ring (bicyclic) bond motifs is 1. The summed E-state index contributed by atoms with van der Waals surface area (Å²) in [7, 11) is 0. The molecule has 0 saturated heterocycles. The Balaban J connectivity index is 1.83. The van der Waals surface area contributed by atoms with E-state index in [-0.39, 0.29) is 0 Å². The summed E-state index contributed by atoms with van der Waals surface area (Å²) in [5.41, 5.74) is 0. The van der Waals surface area contributed by atoms with E-state index in [0.717, 1.165) is 17.3 Å². The molecule has 86 valence electrons. The molecule has 17 heavy (non-hydrogen) atoms. The fourth-order valence-electron chi connectivity index (χ4n) is 1.79. The number of pyridine rings is 1. The van der Waals surface area contributed by atoms with Crippen molar-refractivity contribution < 1.29 is 4.42 Å². The number of thiophene rings is 1. The van der Waals surface area contributed by atoms with E-state index < -0.39 is 0 Å². The lowest BCUT2D eigenvalue weighted by Crippen LogP contribution is -2.00. The van der Waals surface area contributed by atoms with Crippen molar-refractivity contribution in [3.63, 3.8) is 0 Å². The van der Waals surface area contributed by atoms with Gasteiger partial charge in [-0.15, -0.1) is 11.3 Å². The standard InChI is InChI=1S/C13H12N2OS/c1-9-2-3-10(16-9)8-15-13-11-5-7-17-12(11)4-6-14-13/h2-7H,8H2,1H3,(H,14,15). The molecule has 0 bridgehead atoms. The lowest BCUT2D eigenvalue weighted by atomic mass is 10.3. The van der Waals surface area contributed by atoms with Gasteiger partial charge in [0.2, 0.25) is 0 Å². The average molecular weight is 244 g/mol. The van der Waals surface area contributed by atoms with Gasteiger partial charge in [0.05, 0.1) is 6.54 Å². The largest absolute Gasteiger partial charge is 0.465 e. The van der Waals surface area contributed by atoms with Crippen molar-refractivity contribution in [2.24, 2.45) is 0 Å². The molecule has 3 aromatic heterocycles. The zero-order valence-corrected chi connectivity index (χ0v) is 10.3. The molecule has 0 spiro atoms. The van der Waals surface area contributed by atoms with E-state index in [1.165, 1.54) is 10.1 Å². The molecule has 0 aliphatic carbocycles.